The maximum Gasteiger partial charge on any atom is 0.325 e. The summed E-state index contributed by atoms with van der Waals surface area (Å²) in [6.07, 6.45) is 4.93. The SMILES string of the molecule is COc1ccc2[nH]cc([C@H](C(=O)O)N3CCC(Cc4ccccc4)CC3)c2c1. The van der Waals surface area contributed by atoms with Crippen molar-refractivity contribution in [2.75, 3.05) is 20.2 Å². The van der Waals surface area contributed by atoms with Crippen molar-refractivity contribution >= 4 is 16.9 Å². The van der Waals surface area contributed by atoms with Crippen LogP contribution in [0.25, 0.3) is 10.9 Å². The van der Waals surface area contributed by atoms with Gasteiger partial charge in [0.25, 0.3) is 0 Å². The number of nitrogens with one attached hydrogen (secondary N) is 1. The summed E-state index contributed by atoms with van der Waals surface area (Å²) in [5.41, 5.74) is 3.10. The molecule has 2 aromatic carbocycles. The molecule has 4 rings (SSSR count). The third-order valence-electron chi connectivity index (χ3n) is 5.83. The van der Waals surface area contributed by atoms with E-state index in [0.717, 1.165) is 54.6 Å². The van der Waals surface area contributed by atoms with Crippen LogP contribution < -0.4 is 4.74 Å². The number of aromatic nitrogens is 1. The van der Waals surface area contributed by atoms with Crippen LogP contribution in [0.3, 0.4) is 0 Å². The molecule has 0 spiro atoms. The van der Waals surface area contributed by atoms with Gasteiger partial charge in [0, 0.05) is 22.7 Å². The Morgan fingerprint density at radius 2 is 1.96 bits per heavy atom. The predicted molar refractivity (Wildman–Crippen MR) is 110 cm³/mol. The van der Waals surface area contributed by atoms with Crippen LogP contribution in [0.15, 0.2) is 54.7 Å². The van der Waals surface area contributed by atoms with Crippen LogP contribution in [0.1, 0.15) is 30.0 Å². The van der Waals surface area contributed by atoms with Gasteiger partial charge in [0.2, 0.25) is 0 Å². The molecule has 3 aromatic rings. The number of fused-ring (bicyclic) bond motifs is 1. The topological polar surface area (TPSA) is 65.6 Å². The number of carboxylic acid groups (broad SMARTS) is 1. The second-order valence-electron chi connectivity index (χ2n) is 7.57. The quantitative estimate of drug-likeness (QED) is 0.673. The minimum Gasteiger partial charge on any atom is -0.497 e. The van der Waals surface area contributed by atoms with Crippen molar-refractivity contribution in [2.24, 2.45) is 5.92 Å². The lowest BCUT2D eigenvalue weighted by Gasteiger charge is -2.35. The Morgan fingerprint density at radius 3 is 2.64 bits per heavy atom. The zero-order chi connectivity index (χ0) is 19.5. The highest BCUT2D eigenvalue weighted by molar-refractivity contribution is 5.90. The second-order valence-corrected chi connectivity index (χ2v) is 7.57. The molecule has 1 atom stereocenters. The molecular weight excluding hydrogens is 352 g/mol. The zero-order valence-electron chi connectivity index (χ0n) is 16.1. The zero-order valence-corrected chi connectivity index (χ0v) is 16.1. The molecule has 0 unspecified atom stereocenters. The highest BCUT2D eigenvalue weighted by atomic mass is 16.5. The number of carboxylic acids is 1. The second kappa shape index (κ2) is 8.07. The minimum absolute atomic E-state index is 0.608. The number of carbonyl (C=O) groups is 1. The van der Waals surface area contributed by atoms with Crippen molar-refractivity contribution in [3.05, 3.63) is 65.9 Å². The fraction of sp³-hybridized carbons (Fsp3) is 0.348. The van der Waals surface area contributed by atoms with Crippen molar-refractivity contribution in [1.29, 1.82) is 0 Å². The van der Waals surface area contributed by atoms with Crippen molar-refractivity contribution in [1.82, 2.24) is 9.88 Å². The van der Waals surface area contributed by atoms with E-state index in [9.17, 15) is 9.90 Å². The lowest BCUT2D eigenvalue weighted by molar-refractivity contribution is -0.144. The van der Waals surface area contributed by atoms with Crippen molar-refractivity contribution in [3.63, 3.8) is 0 Å². The number of piperidine rings is 1. The number of rotatable bonds is 6. The van der Waals surface area contributed by atoms with Gasteiger partial charge < -0.3 is 14.8 Å². The Balaban J connectivity index is 1.51. The molecule has 0 bridgehead atoms. The molecule has 2 N–H and O–H groups in total. The van der Waals surface area contributed by atoms with E-state index < -0.39 is 12.0 Å². The maximum atomic E-state index is 12.2. The molecule has 0 saturated carbocycles. The van der Waals surface area contributed by atoms with Crippen molar-refractivity contribution < 1.29 is 14.6 Å². The summed E-state index contributed by atoms with van der Waals surface area (Å²) in [6.45, 7) is 1.59. The van der Waals surface area contributed by atoms with E-state index in [2.05, 4.69) is 34.1 Å². The molecular formula is C23H26N2O3. The molecule has 28 heavy (non-hydrogen) atoms. The summed E-state index contributed by atoms with van der Waals surface area (Å²) in [6, 6.07) is 15.6. The standard InChI is InChI=1S/C23H26N2O3/c1-28-18-7-8-21-19(14-18)20(15-24-21)22(23(26)27)25-11-9-17(10-12-25)13-16-5-3-2-4-6-16/h2-8,14-15,17,22,24H,9-13H2,1H3,(H,26,27)/t22-/m1/s1. The van der Waals surface area contributed by atoms with Crippen molar-refractivity contribution in [2.45, 2.75) is 25.3 Å². The minimum atomic E-state index is -0.801. The van der Waals surface area contributed by atoms with Gasteiger partial charge in [0.05, 0.1) is 7.11 Å². The smallest absolute Gasteiger partial charge is 0.325 e. The number of ether oxygens (including phenoxy) is 1. The molecule has 2 heterocycles. The van der Waals surface area contributed by atoms with Gasteiger partial charge in [0.15, 0.2) is 0 Å². The van der Waals surface area contributed by atoms with Crippen molar-refractivity contribution in [3.8, 4) is 5.75 Å². The summed E-state index contributed by atoms with van der Waals surface area (Å²) in [4.78, 5) is 17.5. The Bertz CT molecular complexity index is 943. The number of benzene rings is 2. The average Bonchev–Trinajstić information content (AvgIpc) is 3.13. The number of likely N-dealkylation sites (tertiary alicyclic amines) is 1. The number of aliphatic carboxylic acids is 1. The van der Waals surface area contributed by atoms with Gasteiger partial charge in [0.1, 0.15) is 11.8 Å². The van der Waals surface area contributed by atoms with Crippen LogP contribution >= 0.6 is 0 Å². The summed E-state index contributed by atoms with van der Waals surface area (Å²) < 4.78 is 5.33. The van der Waals surface area contributed by atoms with Gasteiger partial charge in [-0.05, 0) is 62.0 Å². The van der Waals surface area contributed by atoms with E-state index in [1.54, 1.807) is 7.11 Å². The first kappa shape index (κ1) is 18.6. The summed E-state index contributed by atoms with van der Waals surface area (Å²) >= 11 is 0. The Kier molecular flexibility index (Phi) is 5.35. The van der Waals surface area contributed by atoms with E-state index in [4.69, 9.17) is 4.74 Å². The number of methoxy groups -OCH3 is 1. The Hall–Kier alpha value is -2.79. The first-order valence-electron chi connectivity index (χ1n) is 9.81. The molecule has 0 aliphatic carbocycles. The first-order chi connectivity index (χ1) is 13.7. The van der Waals surface area contributed by atoms with Crippen LogP contribution in [0, 0.1) is 5.92 Å². The summed E-state index contributed by atoms with van der Waals surface area (Å²) in [5, 5.41) is 10.9. The molecule has 5 heteroatoms. The molecule has 1 saturated heterocycles. The predicted octanol–water partition coefficient (Wildman–Crippen LogP) is 4.26. The van der Waals surface area contributed by atoms with Gasteiger partial charge in [-0.2, -0.15) is 0 Å². The Morgan fingerprint density at radius 1 is 1.21 bits per heavy atom. The van der Waals surface area contributed by atoms with Crippen LogP contribution in [0.5, 0.6) is 5.75 Å². The molecule has 1 aliphatic heterocycles. The van der Waals surface area contributed by atoms with Crippen LogP contribution in [0.4, 0.5) is 0 Å². The molecule has 0 amide bonds. The number of nitrogens with zero attached hydrogens (tertiary/aromatic N) is 1. The lowest BCUT2D eigenvalue weighted by atomic mass is 9.89. The largest absolute Gasteiger partial charge is 0.497 e. The average molecular weight is 378 g/mol. The fourth-order valence-electron chi connectivity index (χ4n) is 4.32. The number of H-pyrrole nitrogens is 1. The molecule has 5 nitrogen and oxygen atoms in total. The van der Waals surface area contributed by atoms with Crippen LogP contribution in [-0.2, 0) is 11.2 Å². The van der Waals surface area contributed by atoms with Gasteiger partial charge in [-0.25, -0.2) is 0 Å². The van der Waals surface area contributed by atoms with E-state index in [-0.39, 0.29) is 0 Å². The van der Waals surface area contributed by atoms with E-state index in [1.807, 2.05) is 30.5 Å². The lowest BCUT2D eigenvalue weighted by Crippen LogP contribution is -2.40. The van der Waals surface area contributed by atoms with Gasteiger partial charge >= 0.3 is 5.97 Å². The monoisotopic (exact) mass is 378 g/mol. The molecule has 1 fully saturated rings. The van der Waals surface area contributed by atoms with Gasteiger partial charge in [-0.1, -0.05) is 30.3 Å². The summed E-state index contributed by atoms with van der Waals surface area (Å²) in [5.74, 6) is 0.542. The maximum absolute atomic E-state index is 12.2. The Labute approximate surface area is 164 Å². The van der Waals surface area contributed by atoms with Gasteiger partial charge in [-0.15, -0.1) is 0 Å². The van der Waals surface area contributed by atoms with Crippen LogP contribution in [0.2, 0.25) is 0 Å². The number of hydrogen-bond donors (Lipinski definition) is 2. The first-order valence-corrected chi connectivity index (χ1v) is 9.81. The molecule has 146 valence electrons. The highest BCUT2D eigenvalue weighted by Crippen LogP contribution is 2.34. The number of aromatic amines is 1. The highest BCUT2D eigenvalue weighted by Gasteiger charge is 2.32. The van der Waals surface area contributed by atoms with Crippen LogP contribution in [-0.4, -0.2) is 41.2 Å². The third-order valence-corrected chi connectivity index (χ3v) is 5.83. The van der Waals surface area contributed by atoms with E-state index in [0.29, 0.717) is 5.92 Å². The van der Waals surface area contributed by atoms with E-state index >= 15 is 0 Å². The normalized spacial score (nSPS) is 16.9. The van der Waals surface area contributed by atoms with Gasteiger partial charge in [-0.3, -0.25) is 9.69 Å². The molecule has 0 radical (unpaired) electrons. The molecule has 1 aliphatic rings. The fourth-order valence-corrected chi connectivity index (χ4v) is 4.32. The van der Waals surface area contributed by atoms with E-state index in [1.165, 1.54) is 5.56 Å². The third kappa shape index (κ3) is 3.76. The number of hydrogen-bond acceptors (Lipinski definition) is 3. The molecule has 1 aromatic heterocycles. The summed E-state index contributed by atoms with van der Waals surface area (Å²) in [7, 11) is 1.62.